The van der Waals surface area contributed by atoms with Crippen molar-refractivity contribution in [1.82, 2.24) is 9.97 Å². The average Bonchev–Trinajstić information content (AvgIpc) is 2.46. The van der Waals surface area contributed by atoms with Gasteiger partial charge in [0.2, 0.25) is 0 Å². The molecule has 3 aromatic rings. The highest BCUT2D eigenvalue weighted by molar-refractivity contribution is 5.92. The second kappa shape index (κ2) is 4.80. The van der Waals surface area contributed by atoms with Gasteiger partial charge in [-0.1, -0.05) is 48.5 Å². The zero-order valence-corrected chi connectivity index (χ0v) is 9.82. The molecule has 0 saturated carbocycles. The number of hydrogen-bond donors (Lipinski definition) is 0. The lowest BCUT2D eigenvalue weighted by molar-refractivity contribution is 1.18. The van der Waals surface area contributed by atoms with Gasteiger partial charge in [-0.2, -0.15) is 0 Å². The summed E-state index contributed by atoms with van der Waals surface area (Å²) < 4.78 is 0. The predicted molar refractivity (Wildman–Crippen MR) is 74.9 cm³/mol. The molecule has 0 saturated heterocycles. The van der Waals surface area contributed by atoms with Crippen LogP contribution in [0.15, 0.2) is 61.1 Å². The molecule has 0 aliphatic rings. The largest absolute Gasteiger partial charge is 0.261 e. The van der Waals surface area contributed by atoms with Gasteiger partial charge in [-0.3, -0.25) is 9.97 Å². The highest BCUT2D eigenvalue weighted by Gasteiger charge is 1.96. The average molecular weight is 232 g/mol. The van der Waals surface area contributed by atoms with Crippen molar-refractivity contribution in [3.05, 3.63) is 72.3 Å². The minimum Gasteiger partial charge on any atom is -0.261 e. The van der Waals surface area contributed by atoms with Crippen molar-refractivity contribution >= 4 is 22.9 Å². The third kappa shape index (κ3) is 2.13. The molecular weight excluding hydrogens is 220 g/mol. The van der Waals surface area contributed by atoms with E-state index in [9.17, 15) is 0 Å². The summed E-state index contributed by atoms with van der Waals surface area (Å²) in [7, 11) is 0. The Morgan fingerprint density at radius 2 is 1.72 bits per heavy atom. The second-order valence-electron chi connectivity index (χ2n) is 4.03. The van der Waals surface area contributed by atoms with Crippen LogP contribution in [0.4, 0.5) is 0 Å². The topological polar surface area (TPSA) is 25.8 Å². The number of aromatic nitrogens is 2. The van der Waals surface area contributed by atoms with Gasteiger partial charge >= 0.3 is 0 Å². The molecule has 2 nitrogen and oxygen atoms in total. The summed E-state index contributed by atoms with van der Waals surface area (Å²) >= 11 is 0. The summed E-state index contributed by atoms with van der Waals surface area (Å²) in [5.74, 6) is 0. The van der Waals surface area contributed by atoms with E-state index in [2.05, 4.69) is 58.5 Å². The fourth-order valence-corrected chi connectivity index (χ4v) is 1.97. The lowest BCUT2D eigenvalue weighted by Crippen LogP contribution is -1.81. The highest BCUT2D eigenvalue weighted by Crippen LogP contribution is 2.20. The molecular formula is C16H12N2. The molecule has 0 bridgehead atoms. The van der Waals surface area contributed by atoms with Gasteiger partial charge in [-0.05, 0) is 22.4 Å². The summed E-state index contributed by atoms with van der Waals surface area (Å²) in [5.41, 5.74) is 2.06. The van der Waals surface area contributed by atoms with Crippen LogP contribution in [0, 0.1) is 0 Å². The summed E-state index contributed by atoms with van der Waals surface area (Å²) in [5, 5.41) is 2.50. The van der Waals surface area contributed by atoms with Crippen molar-refractivity contribution in [3.63, 3.8) is 0 Å². The van der Waals surface area contributed by atoms with Crippen LogP contribution in [0.25, 0.3) is 22.9 Å². The number of hydrogen-bond acceptors (Lipinski definition) is 2. The molecule has 2 heteroatoms. The van der Waals surface area contributed by atoms with E-state index >= 15 is 0 Å². The van der Waals surface area contributed by atoms with Gasteiger partial charge in [0.25, 0.3) is 0 Å². The van der Waals surface area contributed by atoms with Gasteiger partial charge < -0.3 is 0 Å². The summed E-state index contributed by atoms with van der Waals surface area (Å²) in [6.45, 7) is 0. The lowest BCUT2D eigenvalue weighted by atomic mass is 10.0. The minimum absolute atomic E-state index is 0.866. The Bertz CT molecular complexity index is 682. The molecule has 0 radical (unpaired) electrons. The molecule has 1 heterocycles. The fourth-order valence-electron chi connectivity index (χ4n) is 1.97. The Kier molecular flexibility index (Phi) is 2.84. The number of fused-ring (bicyclic) bond motifs is 1. The molecule has 0 N–H and O–H groups in total. The van der Waals surface area contributed by atoms with Crippen molar-refractivity contribution in [2.24, 2.45) is 0 Å². The third-order valence-electron chi connectivity index (χ3n) is 2.84. The quantitative estimate of drug-likeness (QED) is 0.671. The number of rotatable bonds is 2. The van der Waals surface area contributed by atoms with Crippen LogP contribution in [-0.2, 0) is 0 Å². The Morgan fingerprint density at radius 3 is 2.61 bits per heavy atom. The van der Waals surface area contributed by atoms with E-state index in [-0.39, 0.29) is 0 Å². The minimum atomic E-state index is 0.866. The van der Waals surface area contributed by atoms with Gasteiger partial charge in [-0.25, -0.2) is 0 Å². The molecule has 0 amide bonds. The maximum Gasteiger partial charge on any atom is 0.0813 e. The van der Waals surface area contributed by atoms with Crippen LogP contribution in [-0.4, -0.2) is 9.97 Å². The lowest BCUT2D eigenvalue weighted by Gasteiger charge is -2.01. The normalized spacial score (nSPS) is 11.1. The molecule has 86 valence electrons. The van der Waals surface area contributed by atoms with Gasteiger partial charge in [0.1, 0.15) is 0 Å². The monoisotopic (exact) mass is 232 g/mol. The smallest absolute Gasteiger partial charge is 0.0813 e. The first-order valence-electron chi connectivity index (χ1n) is 5.85. The zero-order chi connectivity index (χ0) is 12.2. The Hall–Kier alpha value is -2.48. The van der Waals surface area contributed by atoms with Gasteiger partial charge in [0.05, 0.1) is 11.9 Å². The molecule has 0 unspecified atom stereocenters. The number of nitrogens with zero attached hydrogens (tertiary/aromatic N) is 2. The standard InChI is InChI=1S/C16H12N2/c1-2-7-16-13(4-1)5-3-6-14(16)8-9-15-12-17-10-11-18-15/h1-12H. The van der Waals surface area contributed by atoms with Crippen LogP contribution in [0.3, 0.4) is 0 Å². The maximum absolute atomic E-state index is 4.22. The van der Waals surface area contributed by atoms with Crippen molar-refractivity contribution in [2.75, 3.05) is 0 Å². The van der Waals surface area contributed by atoms with Crippen LogP contribution in [0.1, 0.15) is 11.3 Å². The second-order valence-corrected chi connectivity index (χ2v) is 4.03. The maximum atomic E-state index is 4.22. The first kappa shape index (κ1) is 10.7. The molecule has 1 aromatic heterocycles. The SMILES string of the molecule is C(=Cc1cccc2ccccc12)c1cnccn1. The van der Waals surface area contributed by atoms with Crippen LogP contribution in [0.5, 0.6) is 0 Å². The summed E-state index contributed by atoms with van der Waals surface area (Å²) in [6, 6.07) is 14.7. The third-order valence-corrected chi connectivity index (χ3v) is 2.84. The Morgan fingerprint density at radius 1 is 0.833 bits per heavy atom. The van der Waals surface area contributed by atoms with Crippen molar-refractivity contribution in [2.45, 2.75) is 0 Å². The van der Waals surface area contributed by atoms with E-state index in [0.717, 1.165) is 5.69 Å². The molecule has 0 aliphatic carbocycles. The van der Waals surface area contributed by atoms with Gasteiger partial charge in [-0.15, -0.1) is 0 Å². The highest BCUT2D eigenvalue weighted by atomic mass is 14.7. The van der Waals surface area contributed by atoms with Crippen molar-refractivity contribution < 1.29 is 0 Å². The van der Waals surface area contributed by atoms with Crippen molar-refractivity contribution in [1.29, 1.82) is 0 Å². The van der Waals surface area contributed by atoms with E-state index < -0.39 is 0 Å². The fraction of sp³-hybridized carbons (Fsp3) is 0. The summed E-state index contributed by atoms with van der Waals surface area (Å²) in [6.07, 6.45) is 9.18. The first-order chi connectivity index (χ1) is 8.93. The molecule has 2 aromatic carbocycles. The van der Waals surface area contributed by atoms with Crippen LogP contribution >= 0.6 is 0 Å². The predicted octanol–water partition coefficient (Wildman–Crippen LogP) is 3.80. The summed E-state index contributed by atoms with van der Waals surface area (Å²) in [4.78, 5) is 8.27. The van der Waals surface area contributed by atoms with E-state index in [1.807, 2.05) is 6.08 Å². The molecule has 3 rings (SSSR count). The van der Waals surface area contributed by atoms with Crippen LogP contribution < -0.4 is 0 Å². The van der Waals surface area contributed by atoms with E-state index in [1.165, 1.54) is 16.3 Å². The van der Waals surface area contributed by atoms with Gasteiger partial charge in [0.15, 0.2) is 0 Å². The van der Waals surface area contributed by atoms with E-state index in [4.69, 9.17) is 0 Å². The number of benzene rings is 2. The van der Waals surface area contributed by atoms with Crippen molar-refractivity contribution in [3.8, 4) is 0 Å². The van der Waals surface area contributed by atoms with E-state index in [1.54, 1.807) is 18.6 Å². The Balaban J connectivity index is 2.03. The molecule has 0 fully saturated rings. The first-order valence-corrected chi connectivity index (χ1v) is 5.85. The van der Waals surface area contributed by atoms with E-state index in [0.29, 0.717) is 0 Å². The molecule has 0 atom stereocenters. The molecule has 0 aliphatic heterocycles. The van der Waals surface area contributed by atoms with Gasteiger partial charge in [0, 0.05) is 12.4 Å². The molecule has 0 spiro atoms. The van der Waals surface area contributed by atoms with Crippen LogP contribution in [0.2, 0.25) is 0 Å². The molecule has 18 heavy (non-hydrogen) atoms. The Labute approximate surface area is 106 Å². The zero-order valence-electron chi connectivity index (χ0n) is 9.82.